The molecule has 0 unspecified atom stereocenters. The first-order valence-electron chi connectivity index (χ1n) is 6.67. The molecule has 2 N–H and O–H groups in total. The summed E-state index contributed by atoms with van der Waals surface area (Å²) in [7, 11) is 0. The quantitative estimate of drug-likeness (QED) is 0.746. The largest absolute Gasteiger partial charge is 0.355 e. The molecule has 1 aliphatic carbocycles. The monoisotopic (exact) mass is 240 g/mol. The van der Waals surface area contributed by atoms with Crippen molar-refractivity contribution in [2.24, 2.45) is 22.7 Å². The molecule has 1 rings (SSSR count). The summed E-state index contributed by atoms with van der Waals surface area (Å²) in [5.41, 5.74) is 0.794. The topological polar surface area (TPSA) is 41.1 Å². The molecule has 1 saturated carbocycles. The van der Waals surface area contributed by atoms with Gasteiger partial charge in [-0.2, -0.15) is 0 Å². The summed E-state index contributed by atoms with van der Waals surface area (Å²) in [6.45, 7) is 15.6. The van der Waals surface area contributed by atoms with Gasteiger partial charge in [0, 0.05) is 6.54 Å². The minimum Gasteiger partial charge on any atom is -0.355 e. The zero-order valence-electron chi connectivity index (χ0n) is 12.2. The maximum atomic E-state index is 11.5. The van der Waals surface area contributed by atoms with Gasteiger partial charge >= 0.3 is 0 Å². The van der Waals surface area contributed by atoms with Crippen LogP contribution in [0.15, 0.2) is 0 Å². The molecule has 0 radical (unpaired) electrons. The van der Waals surface area contributed by atoms with Crippen molar-refractivity contribution in [3.63, 3.8) is 0 Å². The molecule has 3 nitrogen and oxygen atoms in total. The minimum absolute atomic E-state index is 0.106. The van der Waals surface area contributed by atoms with E-state index in [1.54, 1.807) is 0 Å². The molecule has 1 fully saturated rings. The molecule has 0 aliphatic heterocycles. The van der Waals surface area contributed by atoms with E-state index in [0.29, 0.717) is 29.2 Å². The Morgan fingerprint density at radius 2 is 1.71 bits per heavy atom. The Balaban J connectivity index is 2.16. The summed E-state index contributed by atoms with van der Waals surface area (Å²) in [5.74, 6) is 1.29. The number of hydrogen-bond donors (Lipinski definition) is 2. The molecule has 0 atom stereocenters. The molecule has 0 aromatic rings. The van der Waals surface area contributed by atoms with Crippen molar-refractivity contribution < 1.29 is 4.79 Å². The molecule has 0 bridgehead atoms. The summed E-state index contributed by atoms with van der Waals surface area (Å²) in [6.07, 6.45) is 0. The Labute approximate surface area is 106 Å². The van der Waals surface area contributed by atoms with E-state index in [1.807, 2.05) is 0 Å². The number of carbonyl (C=O) groups excluding carboxylic acids is 1. The molecular formula is C14H28N2O. The summed E-state index contributed by atoms with van der Waals surface area (Å²) in [4.78, 5) is 11.5. The van der Waals surface area contributed by atoms with Crippen LogP contribution in [0.4, 0.5) is 0 Å². The van der Waals surface area contributed by atoms with Crippen LogP contribution in [-0.2, 0) is 4.79 Å². The van der Waals surface area contributed by atoms with Crippen LogP contribution >= 0.6 is 0 Å². The van der Waals surface area contributed by atoms with Crippen LogP contribution in [0.1, 0.15) is 41.5 Å². The van der Waals surface area contributed by atoms with E-state index >= 15 is 0 Å². The van der Waals surface area contributed by atoms with Gasteiger partial charge in [-0.15, -0.1) is 0 Å². The maximum Gasteiger partial charge on any atom is 0.233 e. The molecule has 100 valence electrons. The van der Waals surface area contributed by atoms with Gasteiger partial charge in [-0.3, -0.25) is 4.79 Å². The lowest BCUT2D eigenvalue weighted by Gasteiger charge is -2.09. The molecule has 0 heterocycles. The third kappa shape index (κ3) is 3.21. The molecule has 1 aliphatic rings. The SMILES string of the molecule is CC(C)CNC(=O)CNCC1C(C)(C)C1(C)C. The molecular weight excluding hydrogens is 212 g/mol. The average Bonchev–Trinajstić information content (AvgIpc) is 2.57. The van der Waals surface area contributed by atoms with Crippen molar-refractivity contribution in [3.05, 3.63) is 0 Å². The number of carbonyl (C=O) groups is 1. The summed E-state index contributed by atoms with van der Waals surface area (Å²) >= 11 is 0. The second-order valence-electron chi connectivity index (χ2n) is 6.82. The van der Waals surface area contributed by atoms with Gasteiger partial charge in [-0.25, -0.2) is 0 Å². The Bertz CT molecular complexity index is 268. The highest BCUT2D eigenvalue weighted by Gasteiger charge is 2.63. The van der Waals surface area contributed by atoms with Gasteiger partial charge in [0.05, 0.1) is 6.54 Å². The molecule has 0 spiro atoms. The lowest BCUT2D eigenvalue weighted by atomic mass is 10.0. The average molecular weight is 240 g/mol. The lowest BCUT2D eigenvalue weighted by molar-refractivity contribution is -0.120. The normalized spacial score (nSPS) is 21.6. The predicted molar refractivity (Wildman–Crippen MR) is 71.8 cm³/mol. The summed E-state index contributed by atoms with van der Waals surface area (Å²) in [5, 5.41) is 6.19. The van der Waals surface area contributed by atoms with Crippen LogP contribution in [-0.4, -0.2) is 25.5 Å². The molecule has 3 heteroatoms. The van der Waals surface area contributed by atoms with E-state index in [4.69, 9.17) is 0 Å². The highest BCUT2D eigenvalue weighted by atomic mass is 16.1. The highest BCUT2D eigenvalue weighted by molar-refractivity contribution is 5.77. The fourth-order valence-corrected chi connectivity index (χ4v) is 2.55. The van der Waals surface area contributed by atoms with Crippen molar-refractivity contribution in [2.45, 2.75) is 41.5 Å². The predicted octanol–water partition coefficient (Wildman–Crippen LogP) is 2.03. The van der Waals surface area contributed by atoms with E-state index < -0.39 is 0 Å². The van der Waals surface area contributed by atoms with Gasteiger partial charge in [0.2, 0.25) is 5.91 Å². The minimum atomic E-state index is 0.106. The molecule has 0 aromatic carbocycles. The zero-order valence-corrected chi connectivity index (χ0v) is 12.2. The van der Waals surface area contributed by atoms with Gasteiger partial charge in [0.25, 0.3) is 0 Å². The second-order valence-corrected chi connectivity index (χ2v) is 6.82. The van der Waals surface area contributed by atoms with E-state index in [2.05, 4.69) is 52.2 Å². The van der Waals surface area contributed by atoms with Gasteiger partial charge in [0.15, 0.2) is 0 Å². The fourth-order valence-electron chi connectivity index (χ4n) is 2.55. The molecule has 1 amide bonds. The van der Waals surface area contributed by atoms with Crippen LogP contribution in [0.25, 0.3) is 0 Å². The van der Waals surface area contributed by atoms with Crippen LogP contribution in [0, 0.1) is 22.7 Å². The van der Waals surface area contributed by atoms with Gasteiger partial charge in [-0.1, -0.05) is 41.5 Å². The van der Waals surface area contributed by atoms with Gasteiger partial charge in [0.1, 0.15) is 0 Å². The highest BCUT2D eigenvalue weighted by Crippen LogP contribution is 2.67. The second kappa shape index (κ2) is 4.97. The third-order valence-corrected chi connectivity index (χ3v) is 4.66. The van der Waals surface area contributed by atoms with Crippen molar-refractivity contribution in [1.82, 2.24) is 10.6 Å². The fraction of sp³-hybridized carbons (Fsp3) is 0.929. The Kier molecular flexibility index (Phi) is 4.23. The number of nitrogens with one attached hydrogen (secondary N) is 2. The Morgan fingerprint density at radius 1 is 1.18 bits per heavy atom. The first-order valence-corrected chi connectivity index (χ1v) is 6.67. The van der Waals surface area contributed by atoms with Crippen molar-refractivity contribution in [3.8, 4) is 0 Å². The molecule has 0 saturated heterocycles. The first kappa shape index (κ1) is 14.5. The van der Waals surface area contributed by atoms with Crippen molar-refractivity contribution in [1.29, 1.82) is 0 Å². The van der Waals surface area contributed by atoms with Crippen LogP contribution < -0.4 is 10.6 Å². The number of amides is 1. The smallest absolute Gasteiger partial charge is 0.233 e. The van der Waals surface area contributed by atoms with E-state index in [1.165, 1.54) is 0 Å². The van der Waals surface area contributed by atoms with Crippen molar-refractivity contribution in [2.75, 3.05) is 19.6 Å². The van der Waals surface area contributed by atoms with Crippen LogP contribution in [0.2, 0.25) is 0 Å². The van der Waals surface area contributed by atoms with Crippen LogP contribution in [0.3, 0.4) is 0 Å². The summed E-state index contributed by atoms with van der Waals surface area (Å²) < 4.78 is 0. The lowest BCUT2D eigenvalue weighted by Crippen LogP contribution is -2.36. The first-order chi connectivity index (χ1) is 7.69. The zero-order chi connectivity index (χ0) is 13.3. The van der Waals surface area contributed by atoms with E-state index in [-0.39, 0.29) is 5.91 Å². The third-order valence-electron chi connectivity index (χ3n) is 4.66. The Hall–Kier alpha value is -0.570. The maximum absolute atomic E-state index is 11.5. The van der Waals surface area contributed by atoms with E-state index in [0.717, 1.165) is 13.1 Å². The summed E-state index contributed by atoms with van der Waals surface area (Å²) in [6, 6.07) is 0. The molecule has 17 heavy (non-hydrogen) atoms. The van der Waals surface area contributed by atoms with Gasteiger partial charge < -0.3 is 10.6 Å². The number of rotatable bonds is 6. The number of hydrogen-bond acceptors (Lipinski definition) is 2. The van der Waals surface area contributed by atoms with E-state index in [9.17, 15) is 4.79 Å². The van der Waals surface area contributed by atoms with Crippen LogP contribution in [0.5, 0.6) is 0 Å². The van der Waals surface area contributed by atoms with Gasteiger partial charge in [-0.05, 0) is 29.2 Å². The molecule has 0 aromatic heterocycles. The standard InChI is InChI=1S/C14H28N2O/c1-10(2)7-16-12(17)9-15-8-11-13(3,4)14(11,5)6/h10-11,15H,7-9H2,1-6H3,(H,16,17). The Morgan fingerprint density at radius 3 is 2.12 bits per heavy atom. The van der Waals surface area contributed by atoms with Crippen molar-refractivity contribution >= 4 is 5.91 Å².